The molecule has 2 rings (SSSR count). The van der Waals surface area contributed by atoms with Gasteiger partial charge in [-0.1, -0.05) is 31.5 Å². The molecule has 6 heteroatoms. The number of ether oxygens (including phenoxy) is 1. The molecule has 0 radical (unpaired) electrons. The average Bonchev–Trinajstić information content (AvgIpc) is 3.15. The lowest BCUT2D eigenvalue weighted by molar-refractivity contribution is 0.0987. The van der Waals surface area contributed by atoms with Crippen LogP contribution in [0, 0.1) is 0 Å². The Morgan fingerprint density at radius 3 is 2.64 bits per heavy atom. The molecule has 25 heavy (non-hydrogen) atoms. The molecule has 1 heterocycles. The number of rotatable bonds is 10. The molecule has 1 N–H and O–H groups in total. The van der Waals surface area contributed by atoms with Crippen LogP contribution in [0.5, 0.6) is 5.75 Å². The van der Waals surface area contributed by atoms with Gasteiger partial charge in [0.15, 0.2) is 5.78 Å². The van der Waals surface area contributed by atoms with Crippen molar-refractivity contribution in [2.45, 2.75) is 19.9 Å². The summed E-state index contributed by atoms with van der Waals surface area (Å²) in [7, 11) is 1.56. The molecule has 4 nitrogen and oxygen atoms in total. The van der Waals surface area contributed by atoms with Crippen molar-refractivity contribution in [2.24, 2.45) is 0 Å². The van der Waals surface area contributed by atoms with Gasteiger partial charge in [0, 0.05) is 17.0 Å². The van der Waals surface area contributed by atoms with Crippen molar-refractivity contribution in [3.63, 3.8) is 0 Å². The van der Waals surface area contributed by atoms with Gasteiger partial charge >= 0.3 is 0 Å². The van der Waals surface area contributed by atoms with Gasteiger partial charge < -0.3 is 10.1 Å². The fourth-order valence-electron chi connectivity index (χ4n) is 2.82. The number of hydrogen-bond acceptors (Lipinski definition) is 5. The fourth-order valence-corrected chi connectivity index (χ4v) is 3.94. The van der Waals surface area contributed by atoms with E-state index in [2.05, 4.69) is 41.6 Å². The van der Waals surface area contributed by atoms with Gasteiger partial charge in [0.25, 0.3) is 0 Å². The highest BCUT2D eigenvalue weighted by atomic mass is 35.5. The minimum atomic E-state index is 0.0222. The third-order valence-corrected chi connectivity index (χ3v) is 5.49. The molecule has 2 aromatic rings. The van der Waals surface area contributed by atoms with Crippen LogP contribution in [-0.2, 0) is 0 Å². The Morgan fingerprint density at radius 2 is 2.08 bits per heavy atom. The zero-order valence-electron chi connectivity index (χ0n) is 14.9. The SMILES string of the molecule is CCN(CC)C(CNCC(=O)c1ccc(OC)c(Cl)c1)c1cccs1. The zero-order chi connectivity index (χ0) is 18.2. The van der Waals surface area contributed by atoms with Crippen LogP contribution in [0.1, 0.15) is 35.1 Å². The maximum Gasteiger partial charge on any atom is 0.176 e. The number of carbonyl (C=O) groups is 1. The lowest BCUT2D eigenvalue weighted by Crippen LogP contribution is -2.37. The van der Waals surface area contributed by atoms with Crippen LogP contribution in [0.2, 0.25) is 5.02 Å². The van der Waals surface area contributed by atoms with E-state index in [0.717, 1.165) is 19.6 Å². The van der Waals surface area contributed by atoms with Crippen molar-refractivity contribution in [1.29, 1.82) is 0 Å². The Bertz CT molecular complexity index is 672. The van der Waals surface area contributed by atoms with Crippen LogP contribution in [0.15, 0.2) is 35.7 Å². The number of methoxy groups -OCH3 is 1. The molecule has 0 aliphatic carbocycles. The summed E-state index contributed by atoms with van der Waals surface area (Å²) in [6, 6.07) is 9.63. The first kappa shape index (κ1) is 19.9. The molecule has 0 amide bonds. The zero-order valence-corrected chi connectivity index (χ0v) is 16.5. The van der Waals surface area contributed by atoms with Gasteiger partial charge in [0.1, 0.15) is 5.75 Å². The van der Waals surface area contributed by atoms with Gasteiger partial charge in [-0.2, -0.15) is 0 Å². The van der Waals surface area contributed by atoms with E-state index in [1.54, 1.807) is 36.6 Å². The number of carbonyl (C=O) groups excluding carboxylic acids is 1. The van der Waals surface area contributed by atoms with Crippen LogP contribution in [0.4, 0.5) is 0 Å². The van der Waals surface area contributed by atoms with Gasteiger partial charge in [-0.15, -0.1) is 11.3 Å². The summed E-state index contributed by atoms with van der Waals surface area (Å²) in [6.45, 7) is 7.29. The third-order valence-electron chi connectivity index (χ3n) is 4.22. The predicted molar refractivity (Wildman–Crippen MR) is 105 cm³/mol. The fraction of sp³-hybridized carbons (Fsp3) is 0.421. The quantitative estimate of drug-likeness (QED) is 0.625. The number of nitrogens with one attached hydrogen (secondary N) is 1. The number of benzene rings is 1. The lowest BCUT2D eigenvalue weighted by atomic mass is 10.1. The molecule has 1 aromatic heterocycles. The van der Waals surface area contributed by atoms with Gasteiger partial charge in [-0.25, -0.2) is 0 Å². The smallest absolute Gasteiger partial charge is 0.176 e. The van der Waals surface area contributed by atoms with Crippen molar-refractivity contribution in [3.05, 3.63) is 51.2 Å². The Kier molecular flexibility index (Phi) is 7.90. The molecule has 0 aliphatic rings. The number of likely N-dealkylation sites (N-methyl/N-ethyl adjacent to an activating group) is 1. The Morgan fingerprint density at radius 1 is 1.32 bits per heavy atom. The molecule has 1 atom stereocenters. The lowest BCUT2D eigenvalue weighted by Gasteiger charge is -2.29. The Balaban J connectivity index is 1.97. The van der Waals surface area contributed by atoms with Gasteiger partial charge in [0.05, 0.1) is 24.7 Å². The summed E-state index contributed by atoms with van der Waals surface area (Å²) < 4.78 is 5.12. The molecule has 0 fully saturated rings. The van der Waals surface area contributed by atoms with Gasteiger partial charge in [-0.3, -0.25) is 9.69 Å². The molecular formula is C19H25ClN2O2S. The first-order chi connectivity index (χ1) is 12.1. The number of Topliss-reactive ketones (excluding diaryl/α,β-unsaturated/α-hetero) is 1. The monoisotopic (exact) mass is 380 g/mol. The van der Waals surface area contributed by atoms with E-state index in [9.17, 15) is 4.79 Å². The summed E-state index contributed by atoms with van der Waals surface area (Å²) >= 11 is 7.86. The van der Waals surface area contributed by atoms with E-state index in [1.165, 1.54) is 4.88 Å². The minimum absolute atomic E-state index is 0.0222. The van der Waals surface area contributed by atoms with E-state index in [4.69, 9.17) is 16.3 Å². The summed E-state index contributed by atoms with van der Waals surface area (Å²) in [5, 5.41) is 5.86. The molecule has 1 unspecified atom stereocenters. The molecule has 136 valence electrons. The highest BCUT2D eigenvalue weighted by Gasteiger charge is 2.19. The second-order valence-electron chi connectivity index (χ2n) is 5.66. The molecule has 0 spiro atoms. The van der Waals surface area contributed by atoms with Crippen LogP contribution in [-0.4, -0.2) is 44.0 Å². The summed E-state index contributed by atoms with van der Waals surface area (Å²) in [5.74, 6) is 0.597. The Labute approximate surface area is 158 Å². The topological polar surface area (TPSA) is 41.6 Å². The standard InChI is InChI=1S/C19H25ClN2O2S/c1-4-22(5-2)16(19-7-6-10-25-19)12-21-13-17(23)14-8-9-18(24-3)15(20)11-14/h6-11,16,21H,4-5,12-13H2,1-3H3. The van der Waals surface area contributed by atoms with Crippen molar-refractivity contribution in [1.82, 2.24) is 10.2 Å². The van der Waals surface area contributed by atoms with E-state index < -0.39 is 0 Å². The number of nitrogens with zero attached hydrogens (tertiary/aromatic N) is 1. The van der Waals surface area contributed by atoms with Crippen molar-refractivity contribution in [2.75, 3.05) is 33.3 Å². The van der Waals surface area contributed by atoms with Gasteiger partial charge in [-0.05, 0) is 42.7 Å². The maximum atomic E-state index is 12.4. The van der Waals surface area contributed by atoms with Crippen LogP contribution in [0.25, 0.3) is 0 Å². The average molecular weight is 381 g/mol. The second kappa shape index (κ2) is 9.92. The number of halogens is 1. The van der Waals surface area contributed by atoms with Crippen LogP contribution in [0.3, 0.4) is 0 Å². The van der Waals surface area contributed by atoms with Crippen LogP contribution >= 0.6 is 22.9 Å². The van der Waals surface area contributed by atoms with Crippen LogP contribution < -0.4 is 10.1 Å². The van der Waals surface area contributed by atoms with Gasteiger partial charge in [0.2, 0.25) is 0 Å². The molecular weight excluding hydrogens is 356 g/mol. The van der Waals surface area contributed by atoms with E-state index in [0.29, 0.717) is 16.3 Å². The summed E-state index contributed by atoms with van der Waals surface area (Å²) in [5.41, 5.74) is 0.591. The predicted octanol–water partition coefficient (Wildman–Crippen LogP) is 4.27. The molecule has 0 aliphatic heterocycles. The van der Waals surface area contributed by atoms with Crippen molar-refractivity contribution >= 4 is 28.7 Å². The minimum Gasteiger partial charge on any atom is -0.495 e. The third kappa shape index (κ3) is 5.28. The largest absolute Gasteiger partial charge is 0.495 e. The van der Waals surface area contributed by atoms with E-state index >= 15 is 0 Å². The Hall–Kier alpha value is -1.40. The van der Waals surface area contributed by atoms with E-state index in [-0.39, 0.29) is 18.4 Å². The number of thiophene rings is 1. The number of ketones is 1. The summed E-state index contributed by atoms with van der Waals surface area (Å²) in [6.07, 6.45) is 0. The van der Waals surface area contributed by atoms with E-state index in [1.807, 2.05) is 0 Å². The first-order valence-corrected chi connectivity index (χ1v) is 9.71. The maximum absolute atomic E-state index is 12.4. The number of hydrogen-bond donors (Lipinski definition) is 1. The molecule has 0 saturated heterocycles. The highest BCUT2D eigenvalue weighted by molar-refractivity contribution is 7.10. The molecule has 1 aromatic carbocycles. The highest BCUT2D eigenvalue weighted by Crippen LogP contribution is 2.26. The normalized spacial score (nSPS) is 12.4. The van der Waals surface area contributed by atoms with Crippen molar-refractivity contribution < 1.29 is 9.53 Å². The molecule has 0 saturated carbocycles. The van der Waals surface area contributed by atoms with Crippen molar-refractivity contribution in [3.8, 4) is 5.75 Å². The molecule has 0 bridgehead atoms. The first-order valence-electron chi connectivity index (χ1n) is 8.45. The second-order valence-corrected chi connectivity index (χ2v) is 7.04. The summed E-state index contributed by atoms with van der Waals surface area (Å²) in [4.78, 5) is 16.1.